The second-order valence-electron chi connectivity index (χ2n) is 5.48. The minimum atomic E-state index is -4.52. The summed E-state index contributed by atoms with van der Waals surface area (Å²) in [5, 5.41) is 3.08. The maximum absolute atomic E-state index is 13.1. The van der Waals surface area contributed by atoms with Crippen molar-refractivity contribution in [2.45, 2.75) is 38.0 Å². The number of halogens is 4. The van der Waals surface area contributed by atoms with Gasteiger partial charge in [0.15, 0.2) is 0 Å². The number of hydrogen-bond donors (Lipinski definition) is 1. The van der Waals surface area contributed by atoms with Gasteiger partial charge >= 0.3 is 6.18 Å². The van der Waals surface area contributed by atoms with Crippen molar-refractivity contribution in [3.05, 3.63) is 35.1 Å². The molecule has 0 radical (unpaired) electrons. The second kappa shape index (κ2) is 6.75. The predicted molar refractivity (Wildman–Crippen MR) is 73.4 cm³/mol. The van der Waals surface area contributed by atoms with E-state index >= 15 is 0 Å². The molecule has 118 valence electrons. The van der Waals surface area contributed by atoms with Gasteiger partial charge in [-0.3, -0.25) is 4.90 Å². The first-order chi connectivity index (χ1) is 9.91. The van der Waals surface area contributed by atoms with Gasteiger partial charge in [-0.25, -0.2) is 4.39 Å². The molecular weight excluding hydrogens is 284 g/mol. The van der Waals surface area contributed by atoms with E-state index < -0.39 is 17.6 Å². The summed E-state index contributed by atoms with van der Waals surface area (Å²) in [5.41, 5.74) is -0.719. The zero-order chi connectivity index (χ0) is 15.5. The number of hydrogen-bond acceptors (Lipinski definition) is 2. The lowest BCUT2D eigenvalue weighted by molar-refractivity contribution is -0.138. The SMILES string of the molecule is CNCC1CCCCN1Cc1ccc(F)cc1C(F)(F)F. The summed E-state index contributed by atoms with van der Waals surface area (Å²) in [6.07, 6.45) is -1.46. The van der Waals surface area contributed by atoms with Crippen LogP contribution in [0, 0.1) is 5.82 Å². The van der Waals surface area contributed by atoms with Crippen LogP contribution >= 0.6 is 0 Å². The van der Waals surface area contributed by atoms with Crippen molar-refractivity contribution in [1.29, 1.82) is 0 Å². The van der Waals surface area contributed by atoms with E-state index in [9.17, 15) is 17.6 Å². The van der Waals surface area contributed by atoms with Gasteiger partial charge in [0.1, 0.15) is 5.82 Å². The first-order valence-electron chi connectivity index (χ1n) is 7.16. The molecule has 1 aliphatic heterocycles. The molecule has 0 saturated carbocycles. The van der Waals surface area contributed by atoms with E-state index in [-0.39, 0.29) is 18.2 Å². The molecule has 0 spiro atoms. The molecule has 2 nitrogen and oxygen atoms in total. The molecule has 6 heteroatoms. The van der Waals surface area contributed by atoms with Gasteiger partial charge in [-0.05, 0) is 44.1 Å². The molecule has 2 rings (SSSR count). The molecule has 0 bridgehead atoms. The van der Waals surface area contributed by atoms with Crippen LogP contribution in [0.15, 0.2) is 18.2 Å². The van der Waals surface area contributed by atoms with Crippen molar-refractivity contribution in [1.82, 2.24) is 10.2 Å². The Balaban J connectivity index is 2.21. The summed E-state index contributed by atoms with van der Waals surface area (Å²) in [7, 11) is 1.84. The molecule has 1 fully saturated rings. The molecule has 1 aromatic rings. The number of piperidine rings is 1. The molecule has 1 aliphatic rings. The quantitative estimate of drug-likeness (QED) is 0.858. The fraction of sp³-hybridized carbons (Fsp3) is 0.600. The van der Waals surface area contributed by atoms with Crippen LogP contribution < -0.4 is 5.32 Å². The van der Waals surface area contributed by atoms with Gasteiger partial charge in [0.2, 0.25) is 0 Å². The van der Waals surface area contributed by atoms with Gasteiger partial charge in [-0.2, -0.15) is 13.2 Å². The minimum absolute atomic E-state index is 0.145. The van der Waals surface area contributed by atoms with Crippen LogP contribution in [0.5, 0.6) is 0 Å². The van der Waals surface area contributed by atoms with Gasteiger partial charge in [-0.1, -0.05) is 12.5 Å². The third-order valence-corrected chi connectivity index (χ3v) is 3.94. The van der Waals surface area contributed by atoms with E-state index in [0.29, 0.717) is 6.07 Å². The Morgan fingerprint density at radius 3 is 2.71 bits per heavy atom. The Bertz CT molecular complexity index is 471. The molecule has 0 aromatic heterocycles. The van der Waals surface area contributed by atoms with Crippen molar-refractivity contribution < 1.29 is 17.6 Å². The Morgan fingerprint density at radius 1 is 1.29 bits per heavy atom. The van der Waals surface area contributed by atoms with Crippen LogP contribution in [0.1, 0.15) is 30.4 Å². The van der Waals surface area contributed by atoms with Gasteiger partial charge in [0.25, 0.3) is 0 Å². The molecule has 1 N–H and O–H groups in total. The van der Waals surface area contributed by atoms with Crippen LogP contribution in [0.3, 0.4) is 0 Å². The van der Waals surface area contributed by atoms with Crippen molar-refractivity contribution in [2.75, 3.05) is 20.1 Å². The lowest BCUT2D eigenvalue weighted by Gasteiger charge is -2.36. The smallest absolute Gasteiger partial charge is 0.318 e. The number of rotatable bonds is 4. The van der Waals surface area contributed by atoms with Crippen LogP contribution in [0.25, 0.3) is 0 Å². The Labute approximate surface area is 122 Å². The molecular formula is C15H20F4N2. The van der Waals surface area contributed by atoms with Crippen molar-refractivity contribution in [3.63, 3.8) is 0 Å². The fourth-order valence-electron chi connectivity index (χ4n) is 2.90. The minimum Gasteiger partial charge on any atom is -0.318 e. The molecule has 0 aliphatic carbocycles. The summed E-state index contributed by atoms with van der Waals surface area (Å²) in [6.45, 7) is 1.74. The highest BCUT2D eigenvalue weighted by molar-refractivity contribution is 5.30. The summed E-state index contributed by atoms with van der Waals surface area (Å²) in [6, 6.07) is 3.17. The standard InChI is InChI=1S/C15H20F4N2/c1-20-9-13-4-2-3-7-21(13)10-11-5-6-12(16)8-14(11)15(17,18)19/h5-6,8,13,20H,2-4,7,9-10H2,1H3. The predicted octanol–water partition coefficient (Wildman–Crippen LogP) is 3.42. The summed E-state index contributed by atoms with van der Waals surface area (Å²) < 4.78 is 52.2. The summed E-state index contributed by atoms with van der Waals surface area (Å²) >= 11 is 0. The molecule has 1 unspecified atom stereocenters. The van der Waals surface area contributed by atoms with E-state index in [0.717, 1.165) is 38.4 Å². The average molecular weight is 304 g/mol. The number of nitrogens with zero attached hydrogens (tertiary/aromatic N) is 1. The Morgan fingerprint density at radius 2 is 2.05 bits per heavy atom. The van der Waals surface area contributed by atoms with E-state index in [1.54, 1.807) is 0 Å². The number of likely N-dealkylation sites (tertiary alicyclic amines) is 1. The number of alkyl halides is 3. The molecule has 0 amide bonds. The van der Waals surface area contributed by atoms with E-state index in [2.05, 4.69) is 10.2 Å². The Kier molecular flexibility index (Phi) is 5.22. The molecule has 21 heavy (non-hydrogen) atoms. The lowest BCUT2D eigenvalue weighted by atomic mass is 9.99. The van der Waals surface area contributed by atoms with Gasteiger partial charge in [-0.15, -0.1) is 0 Å². The van der Waals surface area contributed by atoms with Gasteiger partial charge < -0.3 is 5.32 Å². The summed E-state index contributed by atoms with van der Waals surface area (Å²) in [5.74, 6) is -0.850. The van der Waals surface area contributed by atoms with Gasteiger partial charge in [0.05, 0.1) is 5.56 Å². The number of nitrogens with one attached hydrogen (secondary N) is 1. The summed E-state index contributed by atoms with van der Waals surface area (Å²) in [4.78, 5) is 2.06. The van der Waals surface area contributed by atoms with Crippen LogP contribution in [-0.2, 0) is 12.7 Å². The van der Waals surface area contributed by atoms with Crippen LogP contribution in [-0.4, -0.2) is 31.1 Å². The normalized spacial score (nSPS) is 20.7. The molecule has 1 heterocycles. The van der Waals surface area contributed by atoms with E-state index in [4.69, 9.17) is 0 Å². The molecule has 1 saturated heterocycles. The van der Waals surface area contributed by atoms with Crippen LogP contribution in [0.4, 0.5) is 17.6 Å². The highest BCUT2D eigenvalue weighted by Crippen LogP contribution is 2.33. The van der Waals surface area contributed by atoms with Gasteiger partial charge in [0, 0.05) is 19.1 Å². The number of benzene rings is 1. The zero-order valence-corrected chi connectivity index (χ0v) is 12.0. The van der Waals surface area contributed by atoms with Crippen LogP contribution in [0.2, 0.25) is 0 Å². The average Bonchev–Trinajstić information content (AvgIpc) is 2.42. The monoisotopic (exact) mass is 304 g/mol. The van der Waals surface area contributed by atoms with E-state index in [1.165, 1.54) is 6.07 Å². The molecule has 1 atom stereocenters. The molecule has 1 aromatic carbocycles. The lowest BCUT2D eigenvalue weighted by Crippen LogP contribution is -2.44. The second-order valence-corrected chi connectivity index (χ2v) is 5.48. The van der Waals surface area contributed by atoms with Crippen molar-refractivity contribution >= 4 is 0 Å². The van der Waals surface area contributed by atoms with Crippen molar-refractivity contribution in [3.8, 4) is 0 Å². The first-order valence-corrected chi connectivity index (χ1v) is 7.16. The largest absolute Gasteiger partial charge is 0.416 e. The topological polar surface area (TPSA) is 15.3 Å². The zero-order valence-electron chi connectivity index (χ0n) is 12.0. The fourth-order valence-corrected chi connectivity index (χ4v) is 2.90. The maximum atomic E-state index is 13.1. The first kappa shape index (κ1) is 16.2. The highest BCUT2D eigenvalue weighted by Gasteiger charge is 2.34. The Hall–Kier alpha value is -1.14. The van der Waals surface area contributed by atoms with E-state index in [1.807, 2.05) is 7.05 Å². The number of likely N-dealkylation sites (N-methyl/N-ethyl adjacent to an activating group) is 1. The maximum Gasteiger partial charge on any atom is 0.416 e. The third-order valence-electron chi connectivity index (χ3n) is 3.94. The third kappa shape index (κ3) is 4.17. The van der Waals surface area contributed by atoms with Crippen molar-refractivity contribution in [2.24, 2.45) is 0 Å². The highest BCUT2D eigenvalue weighted by atomic mass is 19.4.